The van der Waals surface area contributed by atoms with Crippen LogP contribution in [0.25, 0.3) is 0 Å². The second-order valence-electron chi connectivity index (χ2n) is 6.26. The Morgan fingerprint density at radius 2 is 1.73 bits per heavy atom. The van der Waals surface area contributed by atoms with Gasteiger partial charge in [0.2, 0.25) is 11.8 Å². The van der Waals surface area contributed by atoms with Crippen LogP contribution in [-0.2, 0) is 9.59 Å². The van der Waals surface area contributed by atoms with Crippen LogP contribution in [0, 0.1) is 5.41 Å². The molecule has 1 unspecified atom stereocenters. The van der Waals surface area contributed by atoms with Gasteiger partial charge in [-0.15, -0.1) is 0 Å². The maximum absolute atomic E-state index is 12.5. The fourth-order valence-corrected chi connectivity index (χ4v) is 2.64. The van der Waals surface area contributed by atoms with Crippen LogP contribution in [0.15, 0.2) is 36.9 Å². The molecule has 2 rings (SSSR count). The summed E-state index contributed by atoms with van der Waals surface area (Å²) in [7, 11) is 0. The van der Waals surface area contributed by atoms with E-state index in [4.69, 9.17) is 5.73 Å². The van der Waals surface area contributed by atoms with E-state index in [1.54, 1.807) is 31.2 Å². The highest BCUT2D eigenvalue weighted by atomic mass is 16.2. The third kappa shape index (κ3) is 4.26. The monoisotopic (exact) mass is 358 g/mol. The van der Waals surface area contributed by atoms with Crippen molar-refractivity contribution in [2.24, 2.45) is 11.1 Å². The van der Waals surface area contributed by atoms with Crippen LogP contribution in [-0.4, -0.2) is 33.1 Å². The van der Waals surface area contributed by atoms with E-state index in [0.717, 1.165) is 0 Å². The van der Waals surface area contributed by atoms with E-state index in [9.17, 15) is 9.59 Å². The third-order valence-corrected chi connectivity index (χ3v) is 4.85. The number of carbonyl (C=O) groups is 2. The first-order valence-corrected chi connectivity index (χ1v) is 8.72. The summed E-state index contributed by atoms with van der Waals surface area (Å²) in [5.41, 5.74) is 6.55. The van der Waals surface area contributed by atoms with Gasteiger partial charge in [-0.1, -0.05) is 13.8 Å². The zero-order valence-electron chi connectivity index (χ0n) is 15.4. The van der Waals surface area contributed by atoms with Crippen LogP contribution in [0.3, 0.4) is 0 Å². The minimum Gasteiger partial charge on any atom is -0.329 e. The van der Waals surface area contributed by atoms with Gasteiger partial charge in [0.05, 0.1) is 5.41 Å². The van der Waals surface area contributed by atoms with Crippen molar-refractivity contribution in [3.05, 3.63) is 36.9 Å². The standard InChI is InChI=1S/C18H26N6O2/c1-4-18(5-2,10-19)17(26)23-15-8-6-14(7-9-15)22-16(25)13(3)24-12-20-11-21-24/h6-9,11-13H,4-5,10,19H2,1-3H3,(H,22,25)(H,23,26). The molecule has 4 N–H and O–H groups in total. The Morgan fingerprint density at radius 3 is 2.19 bits per heavy atom. The van der Waals surface area contributed by atoms with Gasteiger partial charge in [0.15, 0.2) is 0 Å². The lowest BCUT2D eigenvalue weighted by molar-refractivity contribution is -0.125. The van der Waals surface area contributed by atoms with Gasteiger partial charge in [-0.3, -0.25) is 9.59 Å². The number of aromatic nitrogens is 3. The molecule has 0 aliphatic heterocycles. The van der Waals surface area contributed by atoms with Crippen molar-refractivity contribution in [2.45, 2.75) is 39.7 Å². The number of amides is 2. The Bertz CT molecular complexity index is 714. The minimum absolute atomic E-state index is 0.0819. The SMILES string of the molecule is CCC(CC)(CN)C(=O)Nc1ccc(NC(=O)C(C)n2cncn2)cc1. The normalized spacial score (nSPS) is 12.5. The molecule has 0 spiro atoms. The first kappa shape index (κ1) is 19.6. The number of nitrogens with zero attached hydrogens (tertiary/aromatic N) is 3. The van der Waals surface area contributed by atoms with Gasteiger partial charge in [-0.25, -0.2) is 9.67 Å². The predicted molar refractivity (Wildman–Crippen MR) is 101 cm³/mol. The van der Waals surface area contributed by atoms with Gasteiger partial charge in [-0.2, -0.15) is 5.10 Å². The lowest BCUT2D eigenvalue weighted by Crippen LogP contribution is -2.41. The fourth-order valence-electron chi connectivity index (χ4n) is 2.64. The highest BCUT2D eigenvalue weighted by Crippen LogP contribution is 2.27. The van der Waals surface area contributed by atoms with Gasteiger partial charge in [0.1, 0.15) is 18.7 Å². The summed E-state index contributed by atoms with van der Waals surface area (Å²) >= 11 is 0. The number of anilines is 2. The van der Waals surface area contributed by atoms with E-state index in [1.165, 1.54) is 17.3 Å². The first-order chi connectivity index (χ1) is 12.5. The first-order valence-electron chi connectivity index (χ1n) is 8.72. The van der Waals surface area contributed by atoms with E-state index in [0.29, 0.717) is 30.8 Å². The van der Waals surface area contributed by atoms with Crippen molar-refractivity contribution in [1.29, 1.82) is 0 Å². The summed E-state index contributed by atoms with van der Waals surface area (Å²) in [6.07, 6.45) is 4.24. The molecular formula is C18H26N6O2. The molecule has 1 aromatic carbocycles. The fraction of sp³-hybridized carbons (Fsp3) is 0.444. The lowest BCUT2D eigenvalue weighted by Gasteiger charge is -2.28. The van der Waals surface area contributed by atoms with Crippen LogP contribution in [0.1, 0.15) is 39.7 Å². The highest BCUT2D eigenvalue weighted by Gasteiger charge is 2.33. The van der Waals surface area contributed by atoms with Crippen molar-refractivity contribution in [3.8, 4) is 0 Å². The molecule has 0 aliphatic carbocycles. The Kier molecular flexibility index (Phi) is 6.46. The van der Waals surface area contributed by atoms with Crippen LogP contribution < -0.4 is 16.4 Å². The Morgan fingerprint density at radius 1 is 1.15 bits per heavy atom. The van der Waals surface area contributed by atoms with E-state index in [1.807, 2.05) is 13.8 Å². The van der Waals surface area contributed by atoms with Gasteiger partial charge in [-0.05, 0) is 44.0 Å². The molecule has 8 heteroatoms. The molecule has 0 saturated heterocycles. The number of nitrogens with two attached hydrogens (primary N) is 1. The molecule has 0 fully saturated rings. The molecule has 0 aliphatic rings. The van der Waals surface area contributed by atoms with Crippen LogP contribution in [0.2, 0.25) is 0 Å². The zero-order valence-corrected chi connectivity index (χ0v) is 15.4. The van der Waals surface area contributed by atoms with Crippen LogP contribution >= 0.6 is 0 Å². The Hall–Kier alpha value is -2.74. The van der Waals surface area contributed by atoms with Crippen molar-refractivity contribution in [2.75, 3.05) is 17.2 Å². The van der Waals surface area contributed by atoms with Crippen LogP contribution in [0.5, 0.6) is 0 Å². The van der Waals surface area contributed by atoms with Crippen molar-refractivity contribution >= 4 is 23.2 Å². The topological polar surface area (TPSA) is 115 Å². The summed E-state index contributed by atoms with van der Waals surface area (Å²) in [5, 5.41) is 9.68. The number of nitrogens with one attached hydrogen (secondary N) is 2. The van der Waals surface area contributed by atoms with Crippen molar-refractivity contribution < 1.29 is 9.59 Å². The Labute approximate surface area is 153 Å². The molecule has 1 atom stereocenters. The third-order valence-electron chi connectivity index (χ3n) is 4.85. The minimum atomic E-state index is -0.555. The van der Waals surface area contributed by atoms with Gasteiger partial charge in [0.25, 0.3) is 0 Å². The molecule has 0 bridgehead atoms. The molecular weight excluding hydrogens is 332 g/mol. The molecule has 2 amide bonds. The molecule has 2 aromatic rings. The van der Waals surface area contributed by atoms with Gasteiger partial charge >= 0.3 is 0 Å². The second-order valence-corrected chi connectivity index (χ2v) is 6.26. The molecule has 1 heterocycles. The number of hydrogen-bond donors (Lipinski definition) is 3. The van der Waals surface area contributed by atoms with Crippen molar-refractivity contribution in [1.82, 2.24) is 14.8 Å². The largest absolute Gasteiger partial charge is 0.329 e. The summed E-state index contributed by atoms with van der Waals surface area (Å²) in [4.78, 5) is 28.6. The highest BCUT2D eigenvalue weighted by molar-refractivity contribution is 5.96. The van der Waals surface area contributed by atoms with Gasteiger partial charge < -0.3 is 16.4 Å². The zero-order chi connectivity index (χ0) is 19.2. The molecule has 26 heavy (non-hydrogen) atoms. The van der Waals surface area contributed by atoms with E-state index in [-0.39, 0.29) is 11.8 Å². The van der Waals surface area contributed by atoms with E-state index < -0.39 is 11.5 Å². The van der Waals surface area contributed by atoms with Crippen LogP contribution in [0.4, 0.5) is 11.4 Å². The quantitative estimate of drug-likeness (QED) is 0.669. The molecule has 0 radical (unpaired) electrons. The number of rotatable bonds is 8. The van der Waals surface area contributed by atoms with E-state index >= 15 is 0 Å². The Balaban J connectivity index is 2.00. The average Bonchev–Trinajstić information content (AvgIpc) is 3.19. The number of benzene rings is 1. The summed E-state index contributed by atoms with van der Waals surface area (Å²) in [6.45, 7) is 5.97. The molecule has 1 aromatic heterocycles. The molecule has 140 valence electrons. The molecule has 0 saturated carbocycles. The maximum atomic E-state index is 12.5. The maximum Gasteiger partial charge on any atom is 0.249 e. The number of carbonyl (C=O) groups excluding carboxylic acids is 2. The average molecular weight is 358 g/mol. The summed E-state index contributed by atoms with van der Waals surface area (Å²) < 4.78 is 1.48. The number of hydrogen-bond acceptors (Lipinski definition) is 5. The smallest absolute Gasteiger partial charge is 0.249 e. The summed E-state index contributed by atoms with van der Waals surface area (Å²) in [5.74, 6) is -0.284. The van der Waals surface area contributed by atoms with Crippen molar-refractivity contribution in [3.63, 3.8) is 0 Å². The predicted octanol–water partition coefficient (Wildman–Crippen LogP) is 2.18. The lowest BCUT2D eigenvalue weighted by atomic mass is 9.81. The summed E-state index contributed by atoms with van der Waals surface area (Å²) in [6, 6.07) is 6.50. The second kappa shape index (κ2) is 8.57. The molecule has 8 nitrogen and oxygen atoms in total. The van der Waals surface area contributed by atoms with E-state index in [2.05, 4.69) is 20.7 Å². The van der Waals surface area contributed by atoms with Gasteiger partial charge in [0, 0.05) is 17.9 Å².